The molecule has 29 heavy (non-hydrogen) atoms. The Balaban J connectivity index is 1.83. The summed E-state index contributed by atoms with van der Waals surface area (Å²) in [4.78, 5) is 4.51. The number of aromatic hydroxyl groups is 1. The predicted octanol–water partition coefficient (Wildman–Crippen LogP) is 4.67. The van der Waals surface area contributed by atoms with Crippen LogP contribution in [0.2, 0.25) is 0 Å². The molecule has 0 radical (unpaired) electrons. The Morgan fingerprint density at radius 1 is 1.10 bits per heavy atom. The number of benzene rings is 3. The lowest BCUT2D eigenvalue weighted by molar-refractivity contribution is 0.388. The minimum absolute atomic E-state index is 0.0288. The van der Waals surface area contributed by atoms with Gasteiger partial charge in [-0.05, 0) is 30.2 Å². The Labute approximate surface area is 169 Å². The minimum Gasteiger partial charge on any atom is -0.507 e. The summed E-state index contributed by atoms with van der Waals surface area (Å²) < 4.78 is 5.64. The van der Waals surface area contributed by atoms with E-state index < -0.39 is 0 Å². The molecule has 0 fully saturated rings. The first-order chi connectivity index (χ1) is 14.1. The third kappa shape index (κ3) is 3.44. The van der Waals surface area contributed by atoms with Crippen molar-refractivity contribution in [3.63, 3.8) is 0 Å². The first-order valence-corrected chi connectivity index (χ1v) is 9.17. The standard InChI is InChI=1S/C24H19N3O2/c1-15-7-5-6-10-20(15)27-14-17-11-18-22(12-21(17)28)29-24(26)19(13-25)23(18)16-8-3-2-4-9-16/h2-12,14,23,28H,26H2,1H3/t23-/m0/s1. The quantitative estimate of drug-likeness (QED) is 0.645. The van der Waals surface area contributed by atoms with Crippen molar-refractivity contribution in [1.82, 2.24) is 0 Å². The highest BCUT2D eigenvalue weighted by atomic mass is 16.5. The summed E-state index contributed by atoms with van der Waals surface area (Å²) in [6.07, 6.45) is 1.62. The van der Waals surface area contributed by atoms with Crippen molar-refractivity contribution < 1.29 is 9.84 Å². The third-order valence-electron chi connectivity index (χ3n) is 4.96. The molecule has 142 valence electrons. The summed E-state index contributed by atoms with van der Waals surface area (Å²) >= 11 is 0. The topological polar surface area (TPSA) is 91.6 Å². The number of fused-ring (bicyclic) bond motifs is 1. The van der Waals surface area contributed by atoms with E-state index in [0.717, 1.165) is 22.4 Å². The van der Waals surface area contributed by atoms with Crippen LogP contribution in [0.3, 0.4) is 0 Å². The van der Waals surface area contributed by atoms with Gasteiger partial charge in [-0.25, -0.2) is 0 Å². The van der Waals surface area contributed by atoms with Crippen LogP contribution in [-0.4, -0.2) is 11.3 Å². The molecular weight excluding hydrogens is 362 g/mol. The van der Waals surface area contributed by atoms with Gasteiger partial charge in [-0.3, -0.25) is 4.99 Å². The zero-order chi connectivity index (χ0) is 20.4. The van der Waals surface area contributed by atoms with Gasteiger partial charge in [-0.2, -0.15) is 5.26 Å². The lowest BCUT2D eigenvalue weighted by Crippen LogP contribution is -2.21. The lowest BCUT2D eigenvalue weighted by atomic mass is 9.83. The molecule has 1 heterocycles. The SMILES string of the molecule is Cc1ccccc1N=Cc1cc2c(cc1O)OC(N)=C(C#N)[C@H]2c1ccccc1. The summed E-state index contributed by atoms with van der Waals surface area (Å²) in [5.41, 5.74) is 10.4. The molecule has 0 bridgehead atoms. The van der Waals surface area contributed by atoms with E-state index in [9.17, 15) is 10.4 Å². The number of para-hydroxylation sites is 1. The molecule has 0 saturated heterocycles. The molecule has 0 aliphatic carbocycles. The van der Waals surface area contributed by atoms with Crippen LogP contribution in [0.25, 0.3) is 0 Å². The first-order valence-electron chi connectivity index (χ1n) is 9.17. The molecular formula is C24H19N3O2. The van der Waals surface area contributed by atoms with Gasteiger partial charge in [0, 0.05) is 23.4 Å². The van der Waals surface area contributed by atoms with Crippen molar-refractivity contribution in [2.75, 3.05) is 0 Å². The van der Waals surface area contributed by atoms with Gasteiger partial charge in [-0.15, -0.1) is 0 Å². The molecule has 1 aliphatic heterocycles. The zero-order valence-corrected chi connectivity index (χ0v) is 15.8. The van der Waals surface area contributed by atoms with Crippen molar-refractivity contribution in [1.29, 1.82) is 5.26 Å². The molecule has 1 atom stereocenters. The zero-order valence-electron chi connectivity index (χ0n) is 15.8. The van der Waals surface area contributed by atoms with E-state index in [-0.39, 0.29) is 17.6 Å². The molecule has 0 spiro atoms. The number of allylic oxidation sites excluding steroid dienone is 1. The second kappa shape index (κ2) is 7.53. The molecule has 0 amide bonds. The van der Waals surface area contributed by atoms with E-state index in [0.29, 0.717) is 16.9 Å². The van der Waals surface area contributed by atoms with Crippen molar-refractivity contribution in [2.45, 2.75) is 12.8 Å². The van der Waals surface area contributed by atoms with E-state index in [4.69, 9.17) is 10.5 Å². The largest absolute Gasteiger partial charge is 0.507 e. The number of aliphatic imine (C=N–C) groups is 1. The normalized spacial score (nSPS) is 15.7. The molecule has 5 heteroatoms. The number of nitriles is 1. The fourth-order valence-corrected chi connectivity index (χ4v) is 3.45. The van der Waals surface area contributed by atoms with Crippen LogP contribution in [0.15, 0.2) is 83.2 Å². The van der Waals surface area contributed by atoms with Gasteiger partial charge in [0.05, 0.1) is 11.6 Å². The van der Waals surface area contributed by atoms with E-state index in [1.807, 2.05) is 61.5 Å². The van der Waals surface area contributed by atoms with Crippen LogP contribution in [0.5, 0.6) is 11.5 Å². The van der Waals surface area contributed by atoms with E-state index in [1.54, 1.807) is 12.3 Å². The number of rotatable bonds is 3. The van der Waals surface area contributed by atoms with Gasteiger partial charge in [0.2, 0.25) is 5.88 Å². The van der Waals surface area contributed by atoms with Crippen molar-refractivity contribution >= 4 is 11.9 Å². The maximum Gasteiger partial charge on any atom is 0.205 e. The third-order valence-corrected chi connectivity index (χ3v) is 4.96. The van der Waals surface area contributed by atoms with Crippen LogP contribution < -0.4 is 10.5 Å². The molecule has 3 aromatic rings. The van der Waals surface area contributed by atoms with E-state index >= 15 is 0 Å². The fourth-order valence-electron chi connectivity index (χ4n) is 3.45. The Morgan fingerprint density at radius 3 is 2.55 bits per heavy atom. The number of phenols is 1. The predicted molar refractivity (Wildman–Crippen MR) is 112 cm³/mol. The molecule has 3 N–H and O–H groups in total. The van der Waals surface area contributed by atoms with E-state index in [1.165, 1.54) is 6.07 Å². The van der Waals surface area contributed by atoms with Crippen molar-refractivity contribution in [2.24, 2.45) is 10.7 Å². The van der Waals surface area contributed by atoms with Gasteiger partial charge < -0.3 is 15.6 Å². The summed E-state index contributed by atoms with van der Waals surface area (Å²) in [6.45, 7) is 1.98. The van der Waals surface area contributed by atoms with Crippen LogP contribution in [0.1, 0.15) is 28.2 Å². The molecule has 0 saturated carbocycles. The van der Waals surface area contributed by atoms with Gasteiger partial charge in [-0.1, -0.05) is 48.5 Å². The number of aryl methyl sites for hydroxylation is 1. The number of ether oxygens (including phenoxy) is 1. The summed E-state index contributed by atoms with van der Waals surface area (Å²) in [5.74, 6) is 0.132. The molecule has 0 aromatic heterocycles. The monoisotopic (exact) mass is 381 g/mol. The Kier molecular flexibility index (Phi) is 4.76. The summed E-state index contributed by atoms with van der Waals surface area (Å²) in [7, 11) is 0. The van der Waals surface area contributed by atoms with Gasteiger partial charge in [0.25, 0.3) is 0 Å². The highest BCUT2D eigenvalue weighted by Gasteiger charge is 2.31. The smallest absolute Gasteiger partial charge is 0.205 e. The number of nitrogens with two attached hydrogens (primary N) is 1. The Morgan fingerprint density at radius 2 is 1.83 bits per heavy atom. The van der Waals surface area contributed by atoms with Gasteiger partial charge in [0.1, 0.15) is 23.1 Å². The van der Waals surface area contributed by atoms with Crippen LogP contribution in [0, 0.1) is 18.3 Å². The lowest BCUT2D eigenvalue weighted by Gasteiger charge is -2.27. The van der Waals surface area contributed by atoms with Crippen LogP contribution >= 0.6 is 0 Å². The second-order valence-corrected chi connectivity index (χ2v) is 6.83. The number of hydrogen-bond donors (Lipinski definition) is 2. The minimum atomic E-state index is -0.379. The second-order valence-electron chi connectivity index (χ2n) is 6.83. The van der Waals surface area contributed by atoms with E-state index in [2.05, 4.69) is 11.1 Å². The summed E-state index contributed by atoms with van der Waals surface area (Å²) in [6, 6.07) is 22.9. The summed E-state index contributed by atoms with van der Waals surface area (Å²) in [5, 5.41) is 20.2. The number of hydrogen-bond acceptors (Lipinski definition) is 5. The Bertz CT molecular complexity index is 1170. The van der Waals surface area contributed by atoms with Crippen LogP contribution in [0.4, 0.5) is 5.69 Å². The average molecular weight is 381 g/mol. The molecule has 3 aromatic carbocycles. The van der Waals surface area contributed by atoms with Gasteiger partial charge in [0.15, 0.2) is 0 Å². The first kappa shape index (κ1) is 18.3. The average Bonchev–Trinajstić information content (AvgIpc) is 2.73. The molecule has 5 nitrogen and oxygen atoms in total. The molecule has 1 aliphatic rings. The Hall–Kier alpha value is -4.04. The number of nitrogens with zero attached hydrogens (tertiary/aromatic N) is 2. The highest BCUT2D eigenvalue weighted by Crippen LogP contribution is 2.44. The number of phenolic OH excluding ortho intramolecular Hbond substituents is 1. The maximum absolute atomic E-state index is 10.5. The highest BCUT2D eigenvalue weighted by molar-refractivity contribution is 5.87. The molecule has 4 rings (SSSR count). The van der Waals surface area contributed by atoms with Crippen molar-refractivity contribution in [3.8, 4) is 17.6 Å². The fraction of sp³-hybridized carbons (Fsp3) is 0.0833. The maximum atomic E-state index is 10.5. The van der Waals surface area contributed by atoms with Gasteiger partial charge >= 0.3 is 0 Å². The molecule has 0 unspecified atom stereocenters. The van der Waals surface area contributed by atoms with Crippen molar-refractivity contribution in [3.05, 3.63) is 100 Å². The van der Waals surface area contributed by atoms with Crippen LogP contribution in [-0.2, 0) is 0 Å².